The third-order valence-electron chi connectivity index (χ3n) is 4.63. The zero-order valence-electron chi connectivity index (χ0n) is 11.7. The number of allylic oxidation sites excluding steroid dienone is 1. The van der Waals surface area contributed by atoms with Crippen molar-refractivity contribution in [1.29, 1.82) is 0 Å². The smallest absolute Gasteiger partial charge is 0.168 e. The van der Waals surface area contributed by atoms with Crippen LogP contribution in [0.5, 0.6) is 0 Å². The van der Waals surface area contributed by atoms with E-state index in [9.17, 15) is 8.78 Å². The average Bonchev–Trinajstić information content (AvgIpc) is 2.36. The number of hydrogen-bond donors (Lipinski definition) is 1. The van der Waals surface area contributed by atoms with Crippen LogP contribution in [-0.4, -0.2) is 24.5 Å². The van der Waals surface area contributed by atoms with Gasteiger partial charge in [0.25, 0.3) is 0 Å². The molecule has 0 aromatic rings. The predicted octanol–water partition coefficient (Wildman–Crippen LogP) is 3.51. The molecule has 19 heavy (non-hydrogen) atoms. The fourth-order valence-electron chi connectivity index (χ4n) is 3.57. The van der Waals surface area contributed by atoms with Crippen LogP contribution in [0.3, 0.4) is 0 Å². The van der Waals surface area contributed by atoms with E-state index in [1.54, 1.807) is 6.92 Å². The van der Waals surface area contributed by atoms with Crippen LogP contribution in [0.2, 0.25) is 0 Å². The molecule has 0 aromatic carbocycles. The minimum atomic E-state index is -1.52. The Kier molecular flexibility index (Phi) is 4.82. The Balaban J connectivity index is 1.93. The number of ether oxygens (including phenoxy) is 1. The molecule has 4 heteroatoms. The molecule has 0 spiro atoms. The molecule has 0 saturated heterocycles. The van der Waals surface area contributed by atoms with Crippen molar-refractivity contribution in [3.05, 3.63) is 12.3 Å². The first-order valence-electron chi connectivity index (χ1n) is 7.35. The Labute approximate surface area is 114 Å². The Morgan fingerprint density at radius 2 is 1.68 bits per heavy atom. The molecule has 4 atom stereocenters. The fraction of sp³-hybridized carbons (Fsp3) is 0.867. The molecule has 0 aromatic heterocycles. The van der Waals surface area contributed by atoms with Crippen molar-refractivity contribution in [2.45, 2.75) is 69.9 Å². The van der Waals surface area contributed by atoms with Crippen molar-refractivity contribution in [2.75, 3.05) is 0 Å². The summed E-state index contributed by atoms with van der Waals surface area (Å²) in [4.78, 5) is 0. The quantitative estimate of drug-likeness (QED) is 0.799. The monoisotopic (exact) mass is 273 g/mol. The molecule has 0 radical (unpaired) electrons. The van der Waals surface area contributed by atoms with Crippen LogP contribution in [-0.2, 0) is 4.74 Å². The molecule has 0 bridgehead atoms. The van der Waals surface area contributed by atoms with Gasteiger partial charge in [0, 0.05) is 6.04 Å². The van der Waals surface area contributed by atoms with Crippen molar-refractivity contribution in [1.82, 2.24) is 0 Å². The van der Waals surface area contributed by atoms with Gasteiger partial charge in [0.05, 0.1) is 5.76 Å². The Bertz CT molecular complexity index is 315. The van der Waals surface area contributed by atoms with Crippen LogP contribution in [0.15, 0.2) is 12.3 Å². The number of hydrogen-bond acceptors (Lipinski definition) is 2. The number of halogens is 2. The van der Waals surface area contributed by atoms with Gasteiger partial charge >= 0.3 is 0 Å². The van der Waals surface area contributed by atoms with E-state index in [2.05, 4.69) is 6.58 Å². The van der Waals surface area contributed by atoms with Crippen molar-refractivity contribution in [2.24, 2.45) is 17.6 Å². The zero-order chi connectivity index (χ0) is 14.0. The molecule has 2 aliphatic carbocycles. The maximum atomic E-state index is 14.3. The van der Waals surface area contributed by atoms with Crippen LogP contribution in [0.25, 0.3) is 0 Å². The second-order valence-electron chi connectivity index (χ2n) is 6.16. The fourth-order valence-corrected chi connectivity index (χ4v) is 3.57. The summed E-state index contributed by atoms with van der Waals surface area (Å²) in [6, 6.07) is 0.249. The molecule has 2 fully saturated rings. The van der Waals surface area contributed by atoms with Crippen LogP contribution in [0, 0.1) is 11.8 Å². The Morgan fingerprint density at radius 1 is 1.05 bits per heavy atom. The van der Waals surface area contributed by atoms with E-state index in [1.165, 1.54) is 0 Å². The highest BCUT2D eigenvalue weighted by Crippen LogP contribution is 2.41. The van der Waals surface area contributed by atoms with Crippen LogP contribution < -0.4 is 5.73 Å². The highest BCUT2D eigenvalue weighted by atomic mass is 19.2. The summed E-state index contributed by atoms with van der Waals surface area (Å²) in [5.74, 6) is 0.591. The van der Waals surface area contributed by atoms with E-state index in [-0.39, 0.29) is 12.0 Å². The van der Waals surface area contributed by atoms with E-state index >= 15 is 0 Å². The van der Waals surface area contributed by atoms with Crippen LogP contribution in [0.1, 0.15) is 45.4 Å². The standard InChI is InChI=1S/C15H25F2NO/c1-9(2)19-13-8-7-12(14(16)15(13)17)10-3-5-11(18)6-4-10/h10-15H,1,3-8,18H2,2H3. The summed E-state index contributed by atoms with van der Waals surface area (Å²) < 4.78 is 33.7. The average molecular weight is 273 g/mol. The predicted molar refractivity (Wildman–Crippen MR) is 72.1 cm³/mol. The highest BCUT2D eigenvalue weighted by molar-refractivity contribution is 4.95. The number of rotatable bonds is 3. The number of alkyl halides is 2. The molecule has 4 unspecified atom stereocenters. The van der Waals surface area contributed by atoms with Crippen molar-refractivity contribution < 1.29 is 13.5 Å². The lowest BCUT2D eigenvalue weighted by Gasteiger charge is -2.40. The van der Waals surface area contributed by atoms with Gasteiger partial charge in [-0.3, -0.25) is 0 Å². The van der Waals surface area contributed by atoms with Gasteiger partial charge in [-0.1, -0.05) is 6.58 Å². The van der Waals surface area contributed by atoms with E-state index in [4.69, 9.17) is 10.5 Å². The minimum Gasteiger partial charge on any atom is -0.493 e. The molecular formula is C15H25F2NO. The van der Waals surface area contributed by atoms with Crippen molar-refractivity contribution in [3.8, 4) is 0 Å². The molecular weight excluding hydrogens is 248 g/mol. The Morgan fingerprint density at radius 3 is 2.26 bits per heavy atom. The topological polar surface area (TPSA) is 35.2 Å². The Hall–Kier alpha value is -0.640. The third kappa shape index (κ3) is 3.47. The third-order valence-corrected chi connectivity index (χ3v) is 4.63. The zero-order valence-corrected chi connectivity index (χ0v) is 11.7. The largest absolute Gasteiger partial charge is 0.493 e. The summed E-state index contributed by atoms with van der Waals surface area (Å²) in [5, 5.41) is 0. The second-order valence-corrected chi connectivity index (χ2v) is 6.16. The lowest BCUT2D eigenvalue weighted by molar-refractivity contribution is -0.0656. The highest BCUT2D eigenvalue weighted by Gasteiger charge is 2.44. The molecule has 0 heterocycles. The van der Waals surface area contributed by atoms with Gasteiger partial charge in [-0.05, 0) is 57.3 Å². The minimum absolute atomic E-state index is 0.160. The van der Waals surface area contributed by atoms with Gasteiger partial charge in [0.1, 0.15) is 12.3 Å². The molecule has 2 rings (SSSR count). The van der Waals surface area contributed by atoms with Crippen LogP contribution >= 0.6 is 0 Å². The van der Waals surface area contributed by atoms with Gasteiger partial charge < -0.3 is 10.5 Å². The SMILES string of the molecule is C=C(C)OC1CCC(C2CCC(N)CC2)C(F)C1F. The van der Waals surface area contributed by atoms with Gasteiger partial charge in [0.15, 0.2) is 6.17 Å². The normalized spacial score (nSPS) is 43.8. The summed E-state index contributed by atoms with van der Waals surface area (Å²) >= 11 is 0. The summed E-state index contributed by atoms with van der Waals surface area (Å²) in [5.41, 5.74) is 5.87. The first-order valence-corrected chi connectivity index (χ1v) is 7.35. The molecule has 2 N–H and O–H groups in total. The molecule has 2 aliphatic rings. The van der Waals surface area contributed by atoms with Crippen molar-refractivity contribution >= 4 is 0 Å². The molecule has 2 saturated carbocycles. The molecule has 0 amide bonds. The lowest BCUT2D eigenvalue weighted by Crippen LogP contribution is -2.46. The second kappa shape index (κ2) is 6.21. The number of nitrogens with two attached hydrogens (primary N) is 1. The summed E-state index contributed by atoms with van der Waals surface area (Å²) in [7, 11) is 0. The first-order chi connectivity index (χ1) is 8.99. The maximum absolute atomic E-state index is 14.3. The van der Waals surface area contributed by atoms with E-state index in [1.807, 2.05) is 0 Å². The lowest BCUT2D eigenvalue weighted by atomic mass is 9.70. The first kappa shape index (κ1) is 14.8. The summed E-state index contributed by atoms with van der Waals surface area (Å²) in [6.07, 6.45) is 1.46. The van der Waals surface area contributed by atoms with E-state index in [0.29, 0.717) is 24.5 Å². The van der Waals surface area contributed by atoms with E-state index in [0.717, 1.165) is 25.7 Å². The van der Waals surface area contributed by atoms with Crippen molar-refractivity contribution in [3.63, 3.8) is 0 Å². The van der Waals surface area contributed by atoms with Gasteiger partial charge in [-0.2, -0.15) is 0 Å². The molecule has 0 aliphatic heterocycles. The molecule has 110 valence electrons. The van der Waals surface area contributed by atoms with Gasteiger partial charge in [0.2, 0.25) is 0 Å². The van der Waals surface area contributed by atoms with Gasteiger partial charge in [-0.15, -0.1) is 0 Å². The summed E-state index contributed by atoms with van der Waals surface area (Å²) in [6.45, 7) is 5.28. The maximum Gasteiger partial charge on any atom is 0.168 e. The molecule has 2 nitrogen and oxygen atoms in total. The van der Waals surface area contributed by atoms with Crippen LogP contribution in [0.4, 0.5) is 8.78 Å². The van der Waals surface area contributed by atoms with Gasteiger partial charge in [-0.25, -0.2) is 8.78 Å². The van der Waals surface area contributed by atoms with E-state index < -0.39 is 18.4 Å².